The standard InChI is InChI=1S/C26H29BrN2O2/c27-23-11-13-25(14-12-23)31-20-24(30)19-28-15-17-29(18-16-28)26(21-7-3-1-4-8-21)22-9-5-2-6-10-22/h1-14,24,26,30H,15-20H2. The highest BCUT2D eigenvalue weighted by molar-refractivity contribution is 9.10. The van der Waals surface area contributed by atoms with Gasteiger partial charge in [-0.2, -0.15) is 0 Å². The number of hydrogen-bond acceptors (Lipinski definition) is 4. The Labute approximate surface area is 193 Å². The first kappa shape index (κ1) is 22.0. The first-order valence-electron chi connectivity index (χ1n) is 10.8. The molecule has 1 aliphatic rings. The maximum Gasteiger partial charge on any atom is 0.119 e. The van der Waals surface area contributed by atoms with Crippen molar-refractivity contribution >= 4 is 15.9 Å². The van der Waals surface area contributed by atoms with Crippen molar-refractivity contribution in [3.63, 3.8) is 0 Å². The van der Waals surface area contributed by atoms with E-state index in [0.29, 0.717) is 13.2 Å². The van der Waals surface area contributed by atoms with Gasteiger partial charge in [-0.3, -0.25) is 9.80 Å². The smallest absolute Gasteiger partial charge is 0.119 e. The van der Waals surface area contributed by atoms with Gasteiger partial charge in [0.2, 0.25) is 0 Å². The van der Waals surface area contributed by atoms with Crippen LogP contribution in [0.5, 0.6) is 5.75 Å². The summed E-state index contributed by atoms with van der Waals surface area (Å²) in [5, 5.41) is 10.5. The number of ether oxygens (including phenoxy) is 1. The molecular weight excluding hydrogens is 452 g/mol. The second-order valence-corrected chi connectivity index (χ2v) is 8.89. The van der Waals surface area contributed by atoms with Crippen LogP contribution in [-0.4, -0.2) is 60.3 Å². The highest BCUT2D eigenvalue weighted by atomic mass is 79.9. The monoisotopic (exact) mass is 480 g/mol. The van der Waals surface area contributed by atoms with Crippen molar-refractivity contribution in [3.05, 3.63) is 101 Å². The van der Waals surface area contributed by atoms with E-state index in [1.807, 2.05) is 24.3 Å². The lowest BCUT2D eigenvalue weighted by Gasteiger charge is -2.40. The van der Waals surface area contributed by atoms with Crippen molar-refractivity contribution in [2.24, 2.45) is 0 Å². The van der Waals surface area contributed by atoms with Gasteiger partial charge in [-0.05, 0) is 35.4 Å². The van der Waals surface area contributed by atoms with Crippen molar-refractivity contribution in [2.75, 3.05) is 39.3 Å². The maximum absolute atomic E-state index is 10.5. The molecule has 0 spiro atoms. The molecule has 1 fully saturated rings. The molecule has 3 aromatic rings. The fourth-order valence-corrected chi connectivity index (χ4v) is 4.43. The molecule has 4 rings (SSSR count). The number of aliphatic hydroxyl groups is 1. The quantitative estimate of drug-likeness (QED) is 0.511. The molecule has 1 atom stereocenters. The van der Waals surface area contributed by atoms with Gasteiger partial charge in [0.1, 0.15) is 18.5 Å². The number of β-amino-alcohol motifs (C(OH)–C–C–N with tert-alkyl or cyclic N) is 1. The van der Waals surface area contributed by atoms with Gasteiger partial charge < -0.3 is 9.84 Å². The lowest BCUT2D eigenvalue weighted by Crippen LogP contribution is -2.50. The van der Waals surface area contributed by atoms with Crippen molar-refractivity contribution in [2.45, 2.75) is 12.1 Å². The highest BCUT2D eigenvalue weighted by Crippen LogP contribution is 2.29. The van der Waals surface area contributed by atoms with Gasteiger partial charge in [0.15, 0.2) is 0 Å². The van der Waals surface area contributed by atoms with Gasteiger partial charge >= 0.3 is 0 Å². The predicted molar refractivity (Wildman–Crippen MR) is 128 cm³/mol. The molecule has 1 saturated heterocycles. The Hall–Kier alpha value is -2.18. The van der Waals surface area contributed by atoms with Crippen molar-refractivity contribution in [3.8, 4) is 5.75 Å². The van der Waals surface area contributed by atoms with Crippen LogP contribution < -0.4 is 4.74 Å². The largest absolute Gasteiger partial charge is 0.491 e. The van der Waals surface area contributed by atoms with Crippen LogP contribution in [0.2, 0.25) is 0 Å². The minimum atomic E-state index is -0.505. The number of benzene rings is 3. The minimum Gasteiger partial charge on any atom is -0.491 e. The first-order chi connectivity index (χ1) is 15.2. The Morgan fingerprint density at radius 3 is 1.87 bits per heavy atom. The van der Waals surface area contributed by atoms with E-state index in [-0.39, 0.29) is 6.04 Å². The molecule has 4 nitrogen and oxygen atoms in total. The third-order valence-corrected chi connectivity index (χ3v) is 6.26. The number of rotatable bonds is 8. The lowest BCUT2D eigenvalue weighted by molar-refractivity contribution is 0.0401. The van der Waals surface area contributed by atoms with Gasteiger partial charge in [-0.15, -0.1) is 0 Å². The normalized spacial score (nSPS) is 16.4. The molecule has 0 saturated carbocycles. The summed E-state index contributed by atoms with van der Waals surface area (Å²) in [6.45, 7) is 4.74. The van der Waals surface area contributed by atoms with E-state index in [0.717, 1.165) is 36.4 Å². The molecule has 0 amide bonds. The van der Waals surface area contributed by atoms with Gasteiger partial charge in [0.05, 0.1) is 6.04 Å². The van der Waals surface area contributed by atoms with Crippen LogP contribution in [0.3, 0.4) is 0 Å². The summed E-state index contributed by atoms with van der Waals surface area (Å²) in [6.07, 6.45) is -0.505. The molecule has 0 aromatic heterocycles. The van der Waals surface area contributed by atoms with Crippen molar-refractivity contribution < 1.29 is 9.84 Å². The number of halogens is 1. The van der Waals surface area contributed by atoms with Gasteiger partial charge in [0, 0.05) is 37.2 Å². The summed E-state index contributed by atoms with van der Waals surface area (Å²) in [4.78, 5) is 4.88. The van der Waals surface area contributed by atoms with Crippen LogP contribution in [0.25, 0.3) is 0 Å². The SMILES string of the molecule is OC(COc1ccc(Br)cc1)CN1CCN(C(c2ccccc2)c2ccccc2)CC1. The lowest BCUT2D eigenvalue weighted by atomic mass is 9.96. The Balaban J connectivity index is 1.32. The average Bonchev–Trinajstić information content (AvgIpc) is 2.81. The first-order valence-corrected chi connectivity index (χ1v) is 11.6. The average molecular weight is 481 g/mol. The molecule has 5 heteroatoms. The Bertz CT molecular complexity index is 874. The van der Waals surface area contributed by atoms with Crippen molar-refractivity contribution in [1.29, 1.82) is 0 Å². The highest BCUT2D eigenvalue weighted by Gasteiger charge is 2.27. The third kappa shape index (κ3) is 6.17. The molecule has 3 aromatic carbocycles. The number of aliphatic hydroxyl groups excluding tert-OH is 1. The predicted octanol–water partition coefficient (Wildman–Crippen LogP) is 4.60. The van der Waals surface area contributed by atoms with Crippen LogP contribution >= 0.6 is 15.9 Å². The second-order valence-electron chi connectivity index (χ2n) is 7.98. The van der Waals surface area contributed by atoms with Crippen LogP contribution in [-0.2, 0) is 0 Å². The molecule has 31 heavy (non-hydrogen) atoms. The number of hydrogen-bond donors (Lipinski definition) is 1. The zero-order valence-electron chi connectivity index (χ0n) is 17.6. The topological polar surface area (TPSA) is 35.9 Å². The van der Waals surface area contributed by atoms with Crippen molar-refractivity contribution in [1.82, 2.24) is 9.80 Å². The Kier molecular flexibility index (Phi) is 7.76. The summed E-state index contributed by atoms with van der Waals surface area (Å²) in [5.74, 6) is 0.778. The molecule has 1 N–H and O–H groups in total. The van der Waals surface area contributed by atoms with Crippen LogP contribution in [0.4, 0.5) is 0 Å². The summed E-state index contributed by atoms with van der Waals surface area (Å²) in [5.41, 5.74) is 2.65. The van der Waals surface area contributed by atoms with E-state index in [1.54, 1.807) is 0 Å². The van der Waals surface area contributed by atoms with Crippen LogP contribution in [0.1, 0.15) is 17.2 Å². The Morgan fingerprint density at radius 2 is 1.32 bits per heavy atom. The van der Waals surface area contributed by atoms with E-state index >= 15 is 0 Å². The van der Waals surface area contributed by atoms with Gasteiger partial charge in [0.25, 0.3) is 0 Å². The molecule has 1 aliphatic heterocycles. The van der Waals surface area contributed by atoms with E-state index in [2.05, 4.69) is 86.4 Å². The summed E-state index contributed by atoms with van der Waals surface area (Å²) in [7, 11) is 0. The van der Waals surface area contributed by atoms with E-state index in [4.69, 9.17) is 4.74 Å². The fourth-order valence-electron chi connectivity index (χ4n) is 4.16. The van der Waals surface area contributed by atoms with E-state index < -0.39 is 6.10 Å². The third-order valence-electron chi connectivity index (χ3n) is 5.73. The molecule has 0 bridgehead atoms. The summed E-state index contributed by atoms with van der Waals surface area (Å²) < 4.78 is 6.75. The zero-order valence-corrected chi connectivity index (χ0v) is 19.2. The fraction of sp³-hybridized carbons (Fsp3) is 0.308. The van der Waals surface area contributed by atoms with Gasteiger partial charge in [-0.25, -0.2) is 0 Å². The van der Waals surface area contributed by atoms with Gasteiger partial charge in [-0.1, -0.05) is 76.6 Å². The molecule has 162 valence electrons. The summed E-state index contributed by atoms with van der Waals surface area (Å²) in [6, 6.07) is 29.4. The maximum atomic E-state index is 10.5. The second kappa shape index (κ2) is 10.9. The van der Waals surface area contributed by atoms with E-state index in [1.165, 1.54) is 11.1 Å². The zero-order chi connectivity index (χ0) is 21.5. The minimum absolute atomic E-state index is 0.259. The Morgan fingerprint density at radius 1 is 0.774 bits per heavy atom. The van der Waals surface area contributed by atoms with Crippen LogP contribution in [0.15, 0.2) is 89.4 Å². The number of nitrogens with zero attached hydrogens (tertiary/aromatic N) is 2. The molecule has 0 aliphatic carbocycles. The molecule has 1 heterocycles. The molecule has 0 radical (unpaired) electrons. The van der Waals surface area contributed by atoms with Crippen LogP contribution in [0, 0.1) is 0 Å². The number of piperazine rings is 1. The molecule has 1 unspecified atom stereocenters. The van der Waals surface area contributed by atoms with E-state index in [9.17, 15) is 5.11 Å². The molecular formula is C26H29BrN2O2. The summed E-state index contributed by atoms with van der Waals surface area (Å²) >= 11 is 3.42.